The Labute approximate surface area is 105 Å². The van der Waals surface area contributed by atoms with Gasteiger partial charge in [0.05, 0.1) is 7.11 Å². The van der Waals surface area contributed by atoms with Crippen molar-refractivity contribution in [1.82, 2.24) is 0 Å². The zero-order valence-electron chi connectivity index (χ0n) is 10.6. The maximum absolute atomic E-state index is 12.7. The zero-order chi connectivity index (χ0) is 13.7. The Morgan fingerprint density at radius 3 is 2.22 bits per heavy atom. The van der Waals surface area contributed by atoms with Crippen LogP contribution in [0, 0.1) is 17.7 Å². The molecule has 0 bridgehead atoms. The van der Waals surface area contributed by atoms with Gasteiger partial charge in [0.2, 0.25) is 5.91 Å². The first kappa shape index (κ1) is 14.2. The normalized spacial score (nSPS) is 12.1. The number of hydrogen-bond acceptors (Lipinski definition) is 3. The van der Waals surface area contributed by atoms with E-state index >= 15 is 0 Å². The summed E-state index contributed by atoms with van der Waals surface area (Å²) in [5, 5.41) is 2.56. The SMILES string of the molecule is COC(=O)C(C(=O)Nc1ccc(F)cc1)C(C)C. The number of nitrogens with one attached hydrogen (secondary N) is 1. The zero-order valence-corrected chi connectivity index (χ0v) is 10.6. The number of amides is 1. The van der Waals surface area contributed by atoms with Crippen molar-refractivity contribution in [3.05, 3.63) is 30.1 Å². The highest BCUT2D eigenvalue weighted by molar-refractivity contribution is 6.04. The fourth-order valence-electron chi connectivity index (χ4n) is 1.56. The molecule has 5 heteroatoms. The lowest BCUT2D eigenvalue weighted by atomic mass is 9.95. The summed E-state index contributed by atoms with van der Waals surface area (Å²) in [7, 11) is 1.24. The summed E-state index contributed by atoms with van der Waals surface area (Å²) in [6.07, 6.45) is 0. The van der Waals surface area contributed by atoms with Gasteiger partial charge in [-0.05, 0) is 30.2 Å². The molecule has 0 aliphatic carbocycles. The van der Waals surface area contributed by atoms with E-state index in [1.165, 1.54) is 31.4 Å². The Hall–Kier alpha value is -1.91. The second kappa shape index (κ2) is 6.14. The molecule has 1 aromatic carbocycles. The summed E-state index contributed by atoms with van der Waals surface area (Å²) in [6.45, 7) is 3.51. The molecule has 0 aliphatic rings. The van der Waals surface area contributed by atoms with Crippen LogP contribution < -0.4 is 5.32 Å². The third-order valence-corrected chi connectivity index (χ3v) is 2.52. The van der Waals surface area contributed by atoms with Gasteiger partial charge in [0, 0.05) is 5.69 Å². The van der Waals surface area contributed by atoms with E-state index in [9.17, 15) is 14.0 Å². The molecule has 0 saturated heterocycles. The van der Waals surface area contributed by atoms with E-state index in [0.29, 0.717) is 5.69 Å². The highest BCUT2D eigenvalue weighted by Crippen LogP contribution is 2.16. The van der Waals surface area contributed by atoms with Gasteiger partial charge in [-0.3, -0.25) is 9.59 Å². The lowest BCUT2D eigenvalue weighted by Crippen LogP contribution is -2.34. The van der Waals surface area contributed by atoms with Gasteiger partial charge in [0.25, 0.3) is 0 Å². The van der Waals surface area contributed by atoms with E-state index in [4.69, 9.17) is 0 Å². The average Bonchev–Trinajstić information content (AvgIpc) is 2.31. The van der Waals surface area contributed by atoms with E-state index in [0.717, 1.165) is 0 Å². The highest BCUT2D eigenvalue weighted by atomic mass is 19.1. The fraction of sp³-hybridized carbons (Fsp3) is 0.385. The van der Waals surface area contributed by atoms with Crippen LogP contribution >= 0.6 is 0 Å². The topological polar surface area (TPSA) is 55.4 Å². The second-order valence-electron chi connectivity index (χ2n) is 4.24. The molecule has 1 aromatic rings. The number of anilines is 1. The highest BCUT2D eigenvalue weighted by Gasteiger charge is 2.30. The lowest BCUT2D eigenvalue weighted by molar-refractivity contribution is -0.150. The van der Waals surface area contributed by atoms with E-state index in [1.807, 2.05) is 0 Å². The molecule has 0 aliphatic heterocycles. The smallest absolute Gasteiger partial charge is 0.318 e. The molecule has 4 nitrogen and oxygen atoms in total. The van der Waals surface area contributed by atoms with E-state index in [1.54, 1.807) is 13.8 Å². The lowest BCUT2D eigenvalue weighted by Gasteiger charge is -2.17. The van der Waals surface area contributed by atoms with Gasteiger partial charge in [-0.25, -0.2) is 4.39 Å². The molecule has 0 saturated carbocycles. The maximum atomic E-state index is 12.7. The molecule has 0 heterocycles. The number of halogens is 1. The van der Waals surface area contributed by atoms with Crippen LogP contribution in [-0.4, -0.2) is 19.0 Å². The molecule has 1 N–H and O–H groups in total. The van der Waals surface area contributed by atoms with Crippen molar-refractivity contribution in [3.63, 3.8) is 0 Å². The van der Waals surface area contributed by atoms with Crippen molar-refractivity contribution >= 4 is 17.6 Å². The average molecular weight is 253 g/mol. The second-order valence-corrected chi connectivity index (χ2v) is 4.24. The van der Waals surface area contributed by atoms with Crippen molar-refractivity contribution in [2.45, 2.75) is 13.8 Å². The van der Waals surface area contributed by atoms with Crippen molar-refractivity contribution in [2.24, 2.45) is 11.8 Å². The maximum Gasteiger partial charge on any atom is 0.318 e. The molecule has 1 amide bonds. The molecule has 1 unspecified atom stereocenters. The quantitative estimate of drug-likeness (QED) is 0.661. The summed E-state index contributed by atoms with van der Waals surface area (Å²) < 4.78 is 17.3. The predicted molar refractivity (Wildman–Crippen MR) is 65.4 cm³/mol. The number of carbonyl (C=O) groups is 2. The number of benzene rings is 1. The predicted octanol–water partition coefficient (Wildman–Crippen LogP) is 2.21. The van der Waals surface area contributed by atoms with Crippen molar-refractivity contribution < 1.29 is 18.7 Å². The Morgan fingerprint density at radius 2 is 1.78 bits per heavy atom. The number of rotatable bonds is 4. The van der Waals surface area contributed by atoms with Crippen LogP contribution in [0.15, 0.2) is 24.3 Å². The van der Waals surface area contributed by atoms with Crippen molar-refractivity contribution in [3.8, 4) is 0 Å². The molecule has 0 spiro atoms. The molecule has 0 radical (unpaired) electrons. The molecule has 1 atom stereocenters. The minimum atomic E-state index is -0.875. The van der Waals surface area contributed by atoms with Crippen LogP contribution in [0.25, 0.3) is 0 Å². The standard InChI is InChI=1S/C13H16FNO3/c1-8(2)11(13(17)18-3)12(16)15-10-6-4-9(14)5-7-10/h4-8,11H,1-3H3,(H,15,16). The van der Waals surface area contributed by atoms with Crippen molar-refractivity contribution in [1.29, 1.82) is 0 Å². The number of esters is 1. The summed E-state index contributed by atoms with van der Waals surface area (Å²) in [5.74, 6) is -2.48. The molecule has 1 rings (SSSR count). The first-order valence-electron chi connectivity index (χ1n) is 5.60. The van der Waals surface area contributed by atoms with Crippen LogP contribution in [0.1, 0.15) is 13.8 Å². The Kier molecular flexibility index (Phi) is 4.83. The van der Waals surface area contributed by atoms with Gasteiger partial charge in [-0.15, -0.1) is 0 Å². The Bertz CT molecular complexity index is 428. The van der Waals surface area contributed by atoms with Crippen molar-refractivity contribution in [2.75, 3.05) is 12.4 Å². The molecule has 0 aromatic heterocycles. The van der Waals surface area contributed by atoms with Crippen LogP contribution in [0.3, 0.4) is 0 Å². The fourth-order valence-corrected chi connectivity index (χ4v) is 1.56. The Balaban J connectivity index is 2.79. The minimum absolute atomic E-state index is 0.183. The third-order valence-electron chi connectivity index (χ3n) is 2.52. The molecule has 98 valence electrons. The van der Waals surface area contributed by atoms with Crippen LogP contribution in [-0.2, 0) is 14.3 Å². The summed E-state index contributed by atoms with van der Waals surface area (Å²) in [4.78, 5) is 23.4. The minimum Gasteiger partial charge on any atom is -0.468 e. The summed E-state index contributed by atoms with van der Waals surface area (Å²) in [5.41, 5.74) is 0.441. The van der Waals surface area contributed by atoms with Gasteiger partial charge >= 0.3 is 5.97 Å². The van der Waals surface area contributed by atoms with Gasteiger partial charge in [-0.1, -0.05) is 13.8 Å². The number of ether oxygens (including phenoxy) is 1. The number of carbonyl (C=O) groups excluding carboxylic acids is 2. The molecular weight excluding hydrogens is 237 g/mol. The largest absolute Gasteiger partial charge is 0.468 e. The Morgan fingerprint density at radius 1 is 1.22 bits per heavy atom. The van der Waals surface area contributed by atoms with E-state index in [2.05, 4.69) is 10.1 Å². The van der Waals surface area contributed by atoms with Gasteiger partial charge in [0.15, 0.2) is 0 Å². The summed E-state index contributed by atoms with van der Waals surface area (Å²) >= 11 is 0. The monoisotopic (exact) mass is 253 g/mol. The van der Waals surface area contributed by atoms with Crippen LogP contribution in [0.2, 0.25) is 0 Å². The van der Waals surface area contributed by atoms with Gasteiger partial charge < -0.3 is 10.1 Å². The molecular formula is C13H16FNO3. The molecule has 0 fully saturated rings. The number of methoxy groups -OCH3 is 1. The molecule has 18 heavy (non-hydrogen) atoms. The first-order chi connectivity index (χ1) is 8.45. The van der Waals surface area contributed by atoms with Crippen LogP contribution in [0.4, 0.5) is 10.1 Å². The van der Waals surface area contributed by atoms with Gasteiger partial charge in [0.1, 0.15) is 11.7 Å². The van der Waals surface area contributed by atoms with E-state index in [-0.39, 0.29) is 11.7 Å². The van der Waals surface area contributed by atoms with Crippen LogP contribution in [0.5, 0.6) is 0 Å². The third kappa shape index (κ3) is 3.55. The van der Waals surface area contributed by atoms with E-state index < -0.39 is 17.8 Å². The van der Waals surface area contributed by atoms with Gasteiger partial charge in [-0.2, -0.15) is 0 Å². The first-order valence-corrected chi connectivity index (χ1v) is 5.60. The summed E-state index contributed by atoms with van der Waals surface area (Å²) in [6, 6.07) is 5.33. The number of hydrogen-bond donors (Lipinski definition) is 1.